The van der Waals surface area contributed by atoms with E-state index in [0.29, 0.717) is 5.57 Å². The minimum absolute atomic E-state index is 0.139. The number of hydrogen-bond donors (Lipinski definition) is 2. The lowest BCUT2D eigenvalue weighted by Crippen LogP contribution is -2.23. The van der Waals surface area contributed by atoms with Crippen LogP contribution in [0.25, 0.3) is 0 Å². The Balaban J connectivity index is 3.99. The van der Waals surface area contributed by atoms with Crippen molar-refractivity contribution in [2.24, 2.45) is 5.92 Å². The van der Waals surface area contributed by atoms with Crippen molar-refractivity contribution in [2.75, 3.05) is 13.2 Å². The lowest BCUT2D eigenvalue weighted by atomic mass is 10.1. The van der Waals surface area contributed by atoms with Crippen LogP contribution in [0.1, 0.15) is 20.8 Å². The van der Waals surface area contributed by atoms with Crippen molar-refractivity contribution in [1.82, 2.24) is 0 Å². The van der Waals surface area contributed by atoms with Gasteiger partial charge >= 0.3 is 5.97 Å². The number of aliphatic hydroxyl groups excluding tert-OH is 2. The summed E-state index contributed by atoms with van der Waals surface area (Å²) in [6.45, 7) is 8.45. The van der Waals surface area contributed by atoms with Crippen molar-refractivity contribution in [3.8, 4) is 0 Å². The summed E-state index contributed by atoms with van der Waals surface area (Å²) in [5.41, 5.74) is 0.695. The van der Waals surface area contributed by atoms with Crippen LogP contribution in [0.5, 0.6) is 0 Å². The first-order valence-electron chi connectivity index (χ1n) is 5.38. The van der Waals surface area contributed by atoms with Gasteiger partial charge in [0.1, 0.15) is 19.3 Å². The van der Waals surface area contributed by atoms with Crippen LogP contribution in [0.15, 0.2) is 24.2 Å². The molecule has 98 valence electrons. The lowest BCUT2D eigenvalue weighted by molar-refractivity contribution is -0.141. The monoisotopic (exact) mass is 244 g/mol. The van der Waals surface area contributed by atoms with Gasteiger partial charge in [0.15, 0.2) is 0 Å². The standard InChI is InChI=1S/C12H20O5/c1-5-11(14)16-6-10(13)7-17-12(15)9(4)8(2)3/h5,8,10,13,15H,1,6-7H2,2-4H3/b12-9-. The summed E-state index contributed by atoms with van der Waals surface area (Å²) in [4.78, 5) is 10.7. The van der Waals surface area contributed by atoms with Crippen molar-refractivity contribution in [3.05, 3.63) is 24.2 Å². The maximum Gasteiger partial charge on any atom is 0.330 e. The highest BCUT2D eigenvalue weighted by Gasteiger charge is 2.11. The fraction of sp³-hybridized carbons (Fsp3) is 0.583. The topological polar surface area (TPSA) is 76.0 Å². The fourth-order valence-electron chi connectivity index (χ4n) is 0.821. The third-order valence-corrected chi connectivity index (χ3v) is 2.20. The molecular formula is C12H20O5. The molecule has 5 heteroatoms. The Bertz CT molecular complexity index is 293. The number of carbonyl (C=O) groups is 1. The zero-order valence-electron chi connectivity index (χ0n) is 10.5. The molecule has 1 unspecified atom stereocenters. The van der Waals surface area contributed by atoms with Gasteiger partial charge < -0.3 is 19.7 Å². The van der Waals surface area contributed by atoms with Crippen LogP contribution in [0, 0.1) is 5.92 Å². The average molecular weight is 244 g/mol. The van der Waals surface area contributed by atoms with E-state index in [-0.39, 0.29) is 25.1 Å². The van der Waals surface area contributed by atoms with Gasteiger partial charge in [-0.25, -0.2) is 4.79 Å². The first-order chi connectivity index (χ1) is 7.88. The molecule has 0 spiro atoms. The molecule has 5 nitrogen and oxygen atoms in total. The van der Waals surface area contributed by atoms with Crippen LogP contribution < -0.4 is 0 Å². The van der Waals surface area contributed by atoms with Gasteiger partial charge in [0.2, 0.25) is 0 Å². The Morgan fingerprint density at radius 2 is 1.88 bits per heavy atom. The third kappa shape index (κ3) is 6.63. The van der Waals surface area contributed by atoms with Gasteiger partial charge in [0, 0.05) is 11.6 Å². The Labute approximate surface area is 101 Å². The summed E-state index contributed by atoms with van der Waals surface area (Å²) in [6, 6.07) is 0. The molecule has 0 saturated heterocycles. The van der Waals surface area contributed by atoms with E-state index in [4.69, 9.17) is 4.74 Å². The largest absolute Gasteiger partial charge is 0.481 e. The normalized spacial score (nSPS) is 13.9. The predicted octanol–water partition coefficient (Wildman–Crippen LogP) is 1.54. The Morgan fingerprint density at radius 1 is 1.35 bits per heavy atom. The van der Waals surface area contributed by atoms with Gasteiger partial charge in [0.05, 0.1) is 0 Å². The third-order valence-electron chi connectivity index (χ3n) is 2.20. The molecule has 0 amide bonds. The number of esters is 1. The smallest absolute Gasteiger partial charge is 0.330 e. The van der Waals surface area contributed by atoms with Crippen LogP contribution in [-0.4, -0.2) is 35.5 Å². The van der Waals surface area contributed by atoms with E-state index in [1.54, 1.807) is 6.92 Å². The molecule has 0 fully saturated rings. The van der Waals surface area contributed by atoms with Crippen LogP contribution in [-0.2, 0) is 14.3 Å². The molecule has 0 aromatic rings. The van der Waals surface area contributed by atoms with Gasteiger partial charge in [0.25, 0.3) is 5.95 Å². The van der Waals surface area contributed by atoms with E-state index in [2.05, 4.69) is 11.3 Å². The Kier molecular flexibility index (Phi) is 7.05. The Hall–Kier alpha value is -1.49. The van der Waals surface area contributed by atoms with Gasteiger partial charge in [-0.15, -0.1) is 0 Å². The highest BCUT2D eigenvalue weighted by atomic mass is 16.6. The molecule has 0 aromatic carbocycles. The second-order valence-corrected chi connectivity index (χ2v) is 3.94. The van der Waals surface area contributed by atoms with E-state index in [1.165, 1.54) is 0 Å². The molecule has 0 saturated carbocycles. The van der Waals surface area contributed by atoms with E-state index >= 15 is 0 Å². The minimum Gasteiger partial charge on any atom is -0.481 e. The number of rotatable bonds is 7. The van der Waals surface area contributed by atoms with Crippen LogP contribution in [0.4, 0.5) is 0 Å². The number of allylic oxidation sites excluding steroid dienone is 1. The fourth-order valence-corrected chi connectivity index (χ4v) is 0.821. The summed E-state index contributed by atoms with van der Waals surface area (Å²) in [5.74, 6) is -0.651. The van der Waals surface area contributed by atoms with E-state index in [1.807, 2.05) is 13.8 Å². The Morgan fingerprint density at radius 3 is 2.35 bits per heavy atom. The SMILES string of the molecule is C=CC(=O)OCC(O)CO/C(O)=C(/C)C(C)C. The lowest BCUT2D eigenvalue weighted by Gasteiger charge is -2.14. The molecular weight excluding hydrogens is 224 g/mol. The summed E-state index contributed by atoms with van der Waals surface area (Å²) in [6.07, 6.45) is 0.0226. The summed E-state index contributed by atoms with van der Waals surface area (Å²) < 4.78 is 9.57. The molecule has 0 aliphatic rings. The molecule has 17 heavy (non-hydrogen) atoms. The summed E-state index contributed by atoms with van der Waals surface area (Å²) in [7, 11) is 0. The maximum atomic E-state index is 10.7. The van der Waals surface area contributed by atoms with Crippen molar-refractivity contribution in [1.29, 1.82) is 0 Å². The molecule has 0 heterocycles. The molecule has 0 aliphatic carbocycles. The van der Waals surface area contributed by atoms with E-state index in [9.17, 15) is 15.0 Å². The molecule has 0 aliphatic heterocycles. The van der Waals surface area contributed by atoms with E-state index in [0.717, 1.165) is 6.08 Å². The number of ether oxygens (including phenoxy) is 2. The molecule has 0 aromatic heterocycles. The zero-order chi connectivity index (χ0) is 13.4. The average Bonchev–Trinajstić information content (AvgIpc) is 2.31. The second kappa shape index (κ2) is 7.73. The summed E-state index contributed by atoms with van der Waals surface area (Å²) in [5, 5.41) is 18.9. The van der Waals surface area contributed by atoms with E-state index < -0.39 is 12.1 Å². The number of aliphatic hydroxyl groups is 2. The number of hydrogen-bond acceptors (Lipinski definition) is 5. The van der Waals surface area contributed by atoms with Crippen molar-refractivity contribution in [2.45, 2.75) is 26.9 Å². The zero-order valence-corrected chi connectivity index (χ0v) is 10.5. The van der Waals surface area contributed by atoms with Gasteiger partial charge in [-0.3, -0.25) is 0 Å². The predicted molar refractivity (Wildman–Crippen MR) is 63.3 cm³/mol. The minimum atomic E-state index is -0.985. The molecule has 0 radical (unpaired) electrons. The first-order valence-corrected chi connectivity index (χ1v) is 5.38. The second-order valence-electron chi connectivity index (χ2n) is 3.94. The summed E-state index contributed by atoms with van der Waals surface area (Å²) >= 11 is 0. The highest BCUT2D eigenvalue weighted by Crippen LogP contribution is 2.13. The quantitative estimate of drug-likeness (QED) is 0.403. The van der Waals surface area contributed by atoms with Crippen LogP contribution in [0.3, 0.4) is 0 Å². The van der Waals surface area contributed by atoms with Crippen molar-refractivity contribution in [3.63, 3.8) is 0 Å². The highest BCUT2D eigenvalue weighted by molar-refractivity contribution is 5.81. The van der Waals surface area contributed by atoms with Crippen LogP contribution >= 0.6 is 0 Å². The van der Waals surface area contributed by atoms with Crippen LogP contribution in [0.2, 0.25) is 0 Å². The number of carbonyl (C=O) groups excluding carboxylic acids is 1. The molecule has 0 rings (SSSR count). The van der Waals surface area contributed by atoms with Crippen molar-refractivity contribution < 1.29 is 24.5 Å². The van der Waals surface area contributed by atoms with Gasteiger partial charge in [-0.2, -0.15) is 0 Å². The molecule has 1 atom stereocenters. The first kappa shape index (κ1) is 15.5. The van der Waals surface area contributed by atoms with Gasteiger partial charge in [-0.05, 0) is 12.8 Å². The van der Waals surface area contributed by atoms with Gasteiger partial charge in [-0.1, -0.05) is 20.4 Å². The maximum absolute atomic E-state index is 10.7. The van der Waals surface area contributed by atoms with Crippen molar-refractivity contribution >= 4 is 5.97 Å². The molecule has 0 bridgehead atoms. The molecule has 2 N–H and O–H groups in total.